The van der Waals surface area contributed by atoms with Gasteiger partial charge in [0.2, 0.25) is 0 Å². The third-order valence-electron chi connectivity index (χ3n) is 16.9. The Bertz CT molecular complexity index is 4700. The second-order valence-electron chi connectivity index (χ2n) is 21.9. The molecule has 0 N–H and O–H groups in total. The minimum Gasteiger partial charge on any atom is -0.309 e. The predicted molar refractivity (Wildman–Crippen MR) is 376 cm³/mol. The molecule has 0 saturated carbocycles. The Morgan fingerprint density at radius 3 is 0.782 bits per heavy atom. The van der Waals surface area contributed by atoms with Crippen LogP contribution in [0.3, 0.4) is 0 Å². The molecule has 2 aromatic heterocycles. The van der Waals surface area contributed by atoms with Crippen LogP contribution in [-0.2, 0) is 0 Å². The fourth-order valence-electron chi connectivity index (χ4n) is 13.0. The second-order valence-corrected chi connectivity index (χ2v) is 22.3. The van der Waals surface area contributed by atoms with Crippen LogP contribution < -0.4 is 9.80 Å². The maximum Gasteiger partial charge on any atom is 0.0782 e. The third kappa shape index (κ3) is 9.60. The molecule has 1 atom stereocenters. The molecule has 87 heavy (non-hydrogen) atoms. The van der Waals surface area contributed by atoms with Gasteiger partial charge in [-0.25, -0.2) is 0 Å². The summed E-state index contributed by atoms with van der Waals surface area (Å²) in [7, 11) is 7.17. The smallest absolute Gasteiger partial charge is 0.0782 e. The molecule has 16 aromatic rings. The SMILES string of the molecule is [B]CP.c1ccc(-c2ccc(N3c4ccc5ccccc5c4N(c4ccc(-c5ccccc5)cc4)c4ccc5ccccc5c43)cc2)cc1.c1ccc2c(c1)c1ccccc1n2-c1ccc(-c2ccc(-n3c4ccccc4c4ccccc43)cc2)cc1. The highest BCUT2D eigenvalue weighted by atomic mass is 31.0. The molecule has 0 bridgehead atoms. The van der Waals surface area contributed by atoms with E-state index < -0.39 is 0 Å². The highest BCUT2D eigenvalue weighted by Crippen LogP contribution is 2.58. The Kier molecular flexibility index (Phi) is 14.1. The molecular formula is C81H58BN4P. The first-order valence-electron chi connectivity index (χ1n) is 29.6. The van der Waals surface area contributed by atoms with Gasteiger partial charge in [0.25, 0.3) is 0 Å². The number of hydrogen-bond acceptors (Lipinski definition) is 2. The highest BCUT2D eigenvalue weighted by molar-refractivity contribution is 7.19. The van der Waals surface area contributed by atoms with Crippen LogP contribution in [0.25, 0.3) is 110 Å². The Hall–Kier alpha value is -10.7. The summed E-state index contributed by atoms with van der Waals surface area (Å²) in [6.45, 7) is 0. The number of aromatic nitrogens is 2. The molecule has 0 aliphatic carbocycles. The number of rotatable bonds is 7. The predicted octanol–water partition coefficient (Wildman–Crippen LogP) is 22.1. The zero-order valence-corrected chi connectivity index (χ0v) is 49.0. The van der Waals surface area contributed by atoms with Crippen molar-refractivity contribution in [2.75, 3.05) is 15.9 Å². The largest absolute Gasteiger partial charge is 0.309 e. The summed E-state index contributed by atoms with van der Waals surface area (Å²) in [5, 5.41) is 10.0. The number of para-hydroxylation sites is 4. The van der Waals surface area contributed by atoms with Gasteiger partial charge < -0.3 is 18.9 Å². The minimum atomic E-state index is 0.667. The van der Waals surface area contributed by atoms with Crippen molar-refractivity contribution in [2.24, 2.45) is 0 Å². The first-order valence-corrected chi connectivity index (χ1v) is 30.5. The molecule has 1 aliphatic heterocycles. The minimum absolute atomic E-state index is 0.667. The third-order valence-corrected chi connectivity index (χ3v) is 16.9. The molecule has 0 saturated heterocycles. The summed E-state index contributed by atoms with van der Waals surface area (Å²) in [6.07, 6.45) is 0. The van der Waals surface area contributed by atoms with E-state index >= 15 is 0 Å². The quantitative estimate of drug-likeness (QED) is 0.117. The molecule has 0 amide bonds. The van der Waals surface area contributed by atoms with Crippen LogP contribution in [0.1, 0.15) is 0 Å². The topological polar surface area (TPSA) is 16.3 Å². The average Bonchev–Trinajstić information content (AvgIpc) is 1.58. The van der Waals surface area contributed by atoms with Crippen LogP contribution >= 0.6 is 9.24 Å². The monoisotopic (exact) mass is 1130 g/mol. The summed E-state index contributed by atoms with van der Waals surface area (Å²) in [4.78, 5) is 4.92. The van der Waals surface area contributed by atoms with Gasteiger partial charge in [0.1, 0.15) is 0 Å². The summed E-state index contributed by atoms with van der Waals surface area (Å²) in [6, 6.07) is 119. The van der Waals surface area contributed by atoms with E-state index in [1.165, 1.54) is 121 Å². The molecule has 1 aliphatic rings. The molecule has 4 nitrogen and oxygen atoms in total. The number of anilines is 6. The normalized spacial score (nSPS) is 11.8. The first kappa shape index (κ1) is 53.1. The Balaban J connectivity index is 0.000000143. The Labute approximate surface area is 510 Å². The molecular weight excluding hydrogens is 1070 g/mol. The summed E-state index contributed by atoms with van der Waals surface area (Å²) >= 11 is 0. The molecule has 410 valence electrons. The van der Waals surface area contributed by atoms with Gasteiger partial charge in [-0.05, 0) is 129 Å². The van der Waals surface area contributed by atoms with Crippen molar-refractivity contribution >= 4 is 116 Å². The lowest BCUT2D eigenvalue weighted by Crippen LogP contribution is -2.24. The van der Waals surface area contributed by atoms with Gasteiger partial charge in [-0.1, -0.05) is 249 Å². The van der Waals surface area contributed by atoms with Gasteiger partial charge in [-0.3, -0.25) is 0 Å². The van der Waals surface area contributed by atoms with E-state index in [4.69, 9.17) is 7.85 Å². The van der Waals surface area contributed by atoms with Gasteiger partial charge in [-0.2, -0.15) is 0 Å². The lowest BCUT2D eigenvalue weighted by atomic mass is 9.96. The molecule has 17 rings (SSSR count). The molecule has 1 unspecified atom stereocenters. The number of fused-ring (bicyclic) bond motifs is 12. The summed E-state index contributed by atoms with van der Waals surface area (Å²) in [5.41, 5.74) is 21.5. The fourth-order valence-corrected chi connectivity index (χ4v) is 13.0. The first-order chi connectivity index (χ1) is 43.1. The fraction of sp³-hybridized carbons (Fsp3) is 0.0123. The molecule has 0 spiro atoms. The van der Waals surface area contributed by atoms with E-state index in [0.717, 1.165) is 22.7 Å². The van der Waals surface area contributed by atoms with Crippen molar-refractivity contribution in [3.8, 4) is 44.8 Å². The number of benzene rings is 14. The van der Waals surface area contributed by atoms with Gasteiger partial charge in [-0.15, -0.1) is 9.24 Å². The number of nitrogens with zero attached hydrogens (tertiary/aromatic N) is 4. The van der Waals surface area contributed by atoms with E-state index in [0.29, 0.717) is 6.06 Å². The van der Waals surface area contributed by atoms with Crippen molar-refractivity contribution in [1.82, 2.24) is 9.13 Å². The van der Waals surface area contributed by atoms with Crippen molar-refractivity contribution in [2.45, 2.75) is 0 Å². The van der Waals surface area contributed by atoms with Crippen LogP contribution in [0.15, 0.2) is 328 Å². The van der Waals surface area contributed by atoms with Gasteiger partial charge in [0.15, 0.2) is 0 Å². The zero-order valence-electron chi connectivity index (χ0n) is 47.8. The number of hydrogen-bond donors (Lipinski definition) is 0. The molecule has 14 aromatic carbocycles. The van der Waals surface area contributed by atoms with E-state index in [9.17, 15) is 0 Å². The van der Waals surface area contributed by atoms with E-state index in [1.807, 2.05) is 0 Å². The van der Waals surface area contributed by atoms with Crippen molar-refractivity contribution in [3.63, 3.8) is 0 Å². The lowest BCUT2D eigenvalue weighted by molar-refractivity contribution is 1.18. The van der Waals surface area contributed by atoms with Crippen LogP contribution in [0, 0.1) is 0 Å². The summed E-state index contributed by atoms with van der Waals surface area (Å²) < 4.78 is 4.72. The molecule has 3 heterocycles. The van der Waals surface area contributed by atoms with Gasteiger partial charge in [0.05, 0.1) is 52.7 Å². The van der Waals surface area contributed by atoms with Crippen LogP contribution in [0.5, 0.6) is 0 Å². The van der Waals surface area contributed by atoms with E-state index in [-0.39, 0.29) is 0 Å². The Morgan fingerprint density at radius 2 is 0.471 bits per heavy atom. The van der Waals surface area contributed by atoms with E-state index in [1.54, 1.807) is 0 Å². The summed E-state index contributed by atoms with van der Waals surface area (Å²) in [5.74, 6) is 0. The van der Waals surface area contributed by atoms with Crippen molar-refractivity contribution < 1.29 is 0 Å². The maximum absolute atomic E-state index is 4.81. The second kappa shape index (κ2) is 23.0. The van der Waals surface area contributed by atoms with Gasteiger partial charge in [0, 0.05) is 55.1 Å². The highest BCUT2D eigenvalue weighted by Gasteiger charge is 2.33. The average molecular weight is 1130 g/mol. The molecule has 2 radical (unpaired) electrons. The van der Waals surface area contributed by atoms with Gasteiger partial charge >= 0.3 is 0 Å². The maximum atomic E-state index is 4.81. The van der Waals surface area contributed by atoms with Crippen molar-refractivity contribution in [1.29, 1.82) is 0 Å². The lowest BCUT2D eigenvalue weighted by Gasteiger charge is -2.41. The van der Waals surface area contributed by atoms with Crippen molar-refractivity contribution in [3.05, 3.63) is 328 Å². The van der Waals surface area contributed by atoms with E-state index in [2.05, 4.69) is 356 Å². The van der Waals surface area contributed by atoms with Crippen LogP contribution in [-0.4, -0.2) is 23.0 Å². The zero-order chi connectivity index (χ0) is 58.2. The Morgan fingerprint density at radius 1 is 0.230 bits per heavy atom. The standard InChI is InChI=1S/C44H30N2.C36H24N2.CH4BP/c1-3-11-31(12-4-1)33-19-25-37(26-20-33)45-41-29-23-36-16-8-10-18-40(36)44(41)46(42-30-24-35-15-7-9-17-39(35)43(42)45)38-27-21-34(22-28-38)32-13-5-2-6-14-32;1-5-13-33-29(9-1)30-10-2-6-14-34(30)37(33)27-21-17-25(18-22-27)26-19-23-28(24-20-26)38-35-15-7-3-11-31(35)32-12-4-8-16-36(32)38;2-1-3/h1-30H;1-24H;1,3H2. The van der Waals surface area contributed by atoms with Crippen LogP contribution in [0.2, 0.25) is 0 Å². The molecule has 6 heteroatoms. The van der Waals surface area contributed by atoms with Crippen LogP contribution in [0.4, 0.5) is 34.1 Å². The molecule has 0 fully saturated rings.